The topological polar surface area (TPSA) is 42.6 Å². The van der Waals surface area contributed by atoms with Gasteiger partial charge in [0, 0.05) is 22.4 Å². The van der Waals surface area contributed by atoms with E-state index in [4.69, 9.17) is 9.15 Å². The number of ether oxygens (including phenoxy) is 1. The number of aliphatic hydroxyl groups is 1. The Kier molecular flexibility index (Phi) is 3.45. The highest BCUT2D eigenvalue weighted by Crippen LogP contribution is 2.39. The molecule has 1 aromatic carbocycles. The number of hydrogen-bond acceptors (Lipinski definition) is 3. The zero-order chi connectivity index (χ0) is 12.6. The van der Waals surface area contributed by atoms with E-state index in [1.165, 1.54) is 0 Å². The SMILES string of the molecule is COc1cc(C(C)CO)c(Br)c2cc(C)oc12. The van der Waals surface area contributed by atoms with Gasteiger partial charge in [0.2, 0.25) is 0 Å². The summed E-state index contributed by atoms with van der Waals surface area (Å²) >= 11 is 3.57. The summed E-state index contributed by atoms with van der Waals surface area (Å²) in [5.41, 5.74) is 1.77. The van der Waals surface area contributed by atoms with Gasteiger partial charge < -0.3 is 14.3 Å². The van der Waals surface area contributed by atoms with E-state index < -0.39 is 0 Å². The van der Waals surface area contributed by atoms with Crippen molar-refractivity contribution >= 4 is 26.9 Å². The van der Waals surface area contributed by atoms with Crippen LogP contribution in [0, 0.1) is 6.92 Å². The van der Waals surface area contributed by atoms with Crippen LogP contribution in [-0.4, -0.2) is 18.8 Å². The predicted molar refractivity (Wildman–Crippen MR) is 70.7 cm³/mol. The maximum Gasteiger partial charge on any atom is 0.177 e. The third-order valence-electron chi connectivity index (χ3n) is 2.88. The van der Waals surface area contributed by atoms with Crippen LogP contribution in [0.5, 0.6) is 5.75 Å². The number of hydrogen-bond donors (Lipinski definition) is 1. The van der Waals surface area contributed by atoms with Crippen molar-refractivity contribution in [2.45, 2.75) is 19.8 Å². The first kappa shape index (κ1) is 12.5. The second kappa shape index (κ2) is 4.70. The molecule has 0 saturated heterocycles. The van der Waals surface area contributed by atoms with Crippen molar-refractivity contribution in [1.29, 1.82) is 0 Å². The second-order valence-electron chi connectivity index (χ2n) is 4.17. The lowest BCUT2D eigenvalue weighted by atomic mass is 10.00. The van der Waals surface area contributed by atoms with Crippen molar-refractivity contribution in [2.75, 3.05) is 13.7 Å². The lowest BCUT2D eigenvalue weighted by Gasteiger charge is -2.13. The molecule has 17 heavy (non-hydrogen) atoms. The Morgan fingerprint density at radius 3 is 2.76 bits per heavy atom. The summed E-state index contributed by atoms with van der Waals surface area (Å²) in [4.78, 5) is 0. The molecule has 0 bridgehead atoms. The summed E-state index contributed by atoms with van der Waals surface area (Å²) < 4.78 is 11.9. The molecule has 1 heterocycles. The number of furan rings is 1. The van der Waals surface area contributed by atoms with Crippen LogP contribution in [0.4, 0.5) is 0 Å². The molecule has 0 aliphatic rings. The van der Waals surface area contributed by atoms with E-state index in [-0.39, 0.29) is 12.5 Å². The molecule has 0 fully saturated rings. The molecule has 0 spiro atoms. The van der Waals surface area contributed by atoms with E-state index in [0.717, 1.165) is 26.8 Å². The van der Waals surface area contributed by atoms with Crippen molar-refractivity contribution in [1.82, 2.24) is 0 Å². The second-order valence-corrected chi connectivity index (χ2v) is 4.96. The van der Waals surface area contributed by atoms with Crippen LogP contribution in [-0.2, 0) is 0 Å². The van der Waals surface area contributed by atoms with E-state index in [1.54, 1.807) is 7.11 Å². The molecular weight excluding hydrogens is 284 g/mol. The first-order valence-electron chi connectivity index (χ1n) is 5.45. The van der Waals surface area contributed by atoms with Gasteiger partial charge in [-0.3, -0.25) is 0 Å². The summed E-state index contributed by atoms with van der Waals surface area (Å²) in [7, 11) is 1.62. The summed E-state index contributed by atoms with van der Waals surface area (Å²) in [5, 5.41) is 10.3. The van der Waals surface area contributed by atoms with E-state index in [2.05, 4.69) is 15.9 Å². The standard InChI is InChI=1S/C13H15BrO3/c1-7(6-15)9-5-11(16-3)13-10(12(9)14)4-8(2)17-13/h4-5,7,15H,6H2,1-3H3. The molecule has 0 aliphatic heterocycles. The van der Waals surface area contributed by atoms with E-state index in [1.807, 2.05) is 26.0 Å². The number of aliphatic hydroxyl groups excluding tert-OH is 1. The molecule has 0 radical (unpaired) electrons. The normalized spacial score (nSPS) is 13.0. The monoisotopic (exact) mass is 298 g/mol. The molecule has 0 saturated carbocycles. The minimum Gasteiger partial charge on any atom is -0.493 e. The minimum absolute atomic E-state index is 0.0536. The van der Waals surface area contributed by atoms with Crippen LogP contribution in [0.2, 0.25) is 0 Å². The summed E-state index contributed by atoms with van der Waals surface area (Å²) in [6.45, 7) is 3.98. The first-order valence-corrected chi connectivity index (χ1v) is 6.25. The summed E-state index contributed by atoms with van der Waals surface area (Å²) in [5.74, 6) is 1.59. The largest absolute Gasteiger partial charge is 0.493 e. The van der Waals surface area contributed by atoms with Crippen LogP contribution >= 0.6 is 15.9 Å². The van der Waals surface area contributed by atoms with Crippen molar-refractivity contribution in [3.8, 4) is 5.75 Å². The number of benzene rings is 1. The molecule has 1 N–H and O–H groups in total. The molecule has 0 amide bonds. The van der Waals surface area contributed by atoms with E-state index in [9.17, 15) is 5.11 Å². The van der Waals surface area contributed by atoms with Crippen LogP contribution in [0.1, 0.15) is 24.2 Å². The van der Waals surface area contributed by atoms with E-state index >= 15 is 0 Å². The Hall–Kier alpha value is -1.00. The third kappa shape index (κ3) is 2.07. The van der Waals surface area contributed by atoms with Gasteiger partial charge in [-0.15, -0.1) is 0 Å². The molecule has 92 valence electrons. The Morgan fingerprint density at radius 1 is 1.47 bits per heavy atom. The van der Waals surface area contributed by atoms with Gasteiger partial charge in [-0.25, -0.2) is 0 Å². The van der Waals surface area contributed by atoms with Gasteiger partial charge in [0.25, 0.3) is 0 Å². The average Bonchev–Trinajstić information content (AvgIpc) is 2.71. The fraction of sp³-hybridized carbons (Fsp3) is 0.385. The first-order chi connectivity index (χ1) is 8.08. The average molecular weight is 299 g/mol. The molecule has 2 rings (SSSR count). The number of fused-ring (bicyclic) bond motifs is 1. The fourth-order valence-corrected chi connectivity index (χ4v) is 2.69. The molecule has 1 aromatic heterocycles. The number of halogens is 1. The van der Waals surface area contributed by atoms with E-state index in [0.29, 0.717) is 5.75 Å². The summed E-state index contributed by atoms with van der Waals surface area (Å²) in [6.07, 6.45) is 0. The van der Waals surface area contributed by atoms with Crippen LogP contribution in [0.15, 0.2) is 21.0 Å². The fourth-order valence-electron chi connectivity index (χ4n) is 1.89. The van der Waals surface area contributed by atoms with Crippen molar-refractivity contribution < 1.29 is 14.3 Å². The van der Waals surface area contributed by atoms with Crippen LogP contribution < -0.4 is 4.74 Å². The highest BCUT2D eigenvalue weighted by molar-refractivity contribution is 9.10. The molecule has 4 heteroatoms. The van der Waals surface area contributed by atoms with Gasteiger partial charge in [-0.1, -0.05) is 6.92 Å². The maximum absolute atomic E-state index is 9.27. The minimum atomic E-state index is 0.0536. The molecule has 3 nitrogen and oxygen atoms in total. The maximum atomic E-state index is 9.27. The van der Waals surface area contributed by atoms with Crippen molar-refractivity contribution in [2.24, 2.45) is 0 Å². The molecular formula is C13H15BrO3. The van der Waals surface area contributed by atoms with Gasteiger partial charge in [0.15, 0.2) is 11.3 Å². The Balaban J connectivity index is 2.75. The number of methoxy groups -OCH3 is 1. The lowest BCUT2D eigenvalue weighted by Crippen LogP contribution is -2.01. The van der Waals surface area contributed by atoms with Gasteiger partial charge in [0.05, 0.1) is 7.11 Å². The van der Waals surface area contributed by atoms with Crippen molar-refractivity contribution in [3.05, 3.63) is 27.9 Å². The van der Waals surface area contributed by atoms with Gasteiger partial charge in [-0.05, 0) is 40.5 Å². The number of aryl methyl sites for hydroxylation is 1. The highest BCUT2D eigenvalue weighted by Gasteiger charge is 2.18. The number of rotatable bonds is 3. The molecule has 1 unspecified atom stereocenters. The molecule has 1 atom stereocenters. The quantitative estimate of drug-likeness (QED) is 0.941. The van der Waals surface area contributed by atoms with Gasteiger partial charge in [0.1, 0.15) is 5.76 Å². The molecule has 0 aliphatic carbocycles. The molecule has 2 aromatic rings. The lowest BCUT2D eigenvalue weighted by molar-refractivity contribution is 0.272. The third-order valence-corrected chi connectivity index (χ3v) is 3.77. The Morgan fingerprint density at radius 2 is 2.18 bits per heavy atom. The van der Waals surface area contributed by atoms with Crippen molar-refractivity contribution in [3.63, 3.8) is 0 Å². The summed E-state index contributed by atoms with van der Waals surface area (Å²) in [6, 6.07) is 3.88. The Bertz CT molecular complexity index is 545. The zero-order valence-corrected chi connectivity index (χ0v) is 11.7. The van der Waals surface area contributed by atoms with Crippen LogP contribution in [0.25, 0.3) is 11.0 Å². The van der Waals surface area contributed by atoms with Crippen LogP contribution in [0.3, 0.4) is 0 Å². The highest BCUT2D eigenvalue weighted by atomic mass is 79.9. The van der Waals surface area contributed by atoms with Gasteiger partial charge >= 0.3 is 0 Å². The zero-order valence-electron chi connectivity index (χ0n) is 10.1. The smallest absolute Gasteiger partial charge is 0.177 e. The Labute approximate surface area is 109 Å². The predicted octanol–water partition coefficient (Wildman–Crippen LogP) is 3.61. The van der Waals surface area contributed by atoms with Gasteiger partial charge in [-0.2, -0.15) is 0 Å².